The first kappa shape index (κ1) is 13.8. The van der Waals surface area contributed by atoms with Gasteiger partial charge in [0, 0.05) is 24.1 Å². The number of para-hydroxylation sites is 1. The number of hydrogen-bond donors (Lipinski definition) is 2. The summed E-state index contributed by atoms with van der Waals surface area (Å²) in [6, 6.07) is 19.6. The summed E-state index contributed by atoms with van der Waals surface area (Å²) in [4.78, 5) is 11.0. The van der Waals surface area contributed by atoms with Gasteiger partial charge in [-0.15, -0.1) is 0 Å². The molecule has 0 bridgehead atoms. The summed E-state index contributed by atoms with van der Waals surface area (Å²) in [7, 11) is 0. The van der Waals surface area contributed by atoms with Crippen molar-refractivity contribution in [2.24, 2.45) is 0 Å². The molecule has 0 spiro atoms. The zero-order chi connectivity index (χ0) is 15.8. The lowest BCUT2D eigenvalue weighted by Gasteiger charge is -2.18. The second-order valence-corrected chi connectivity index (χ2v) is 5.67. The van der Waals surface area contributed by atoms with E-state index in [4.69, 9.17) is 5.11 Å². The molecular weight excluding hydrogens is 288 g/mol. The first-order valence-electron chi connectivity index (χ1n) is 7.56. The van der Waals surface area contributed by atoms with E-state index in [0.29, 0.717) is 5.56 Å². The number of aromatic carboxylic acids is 1. The van der Waals surface area contributed by atoms with E-state index < -0.39 is 5.97 Å². The van der Waals surface area contributed by atoms with E-state index in [0.717, 1.165) is 17.8 Å². The van der Waals surface area contributed by atoms with Gasteiger partial charge in [0.2, 0.25) is 0 Å². The van der Waals surface area contributed by atoms with Crippen molar-refractivity contribution in [1.82, 2.24) is 9.88 Å². The summed E-state index contributed by atoms with van der Waals surface area (Å²) < 4.78 is 2.20. The molecule has 0 aliphatic carbocycles. The lowest BCUT2D eigenvalue weighted by atomic mass is 10.0. The third-order valence-corrected chi connectivity index (χ3v) is 4.31. The maximum atomic E-state index is 11.0. The largest absolute Gasteiger partial charge is 0.478 e. The number of hydrogen-bond acceptors (Lipinski definition) is 2. The molecule has 0 saturated carbocycles. The molecule has 4 heteroatoms. The number of carboxylic acid groups (broad SMARTS) is 1. The molecule has 0 radical (unpaired) electrons. The van der Waals surface area contributed by atoms with Gasteiger partial charge in [0.1, 0.15) is 0 Å². The zero-order valence-electron chi connectivity index (χ0n) is 12.4. The highest BCUT2D eigenvalue weighted by molar-refractivity contribution is 5.87. The van der Waals surface area contributed by atoms with Crippen LogP contribution in [-0.4, -0.2) is 15.6 Å². The maximum absolute atomic E-state index is 11.0. The minimum absolute atomic E-state index is 0.0280. The maximum Gasteiger partial charge on any atom is 0.335 e. The van der Waals surface area contributed by atoms with Crippen LogP contribution in [0, 0.1) is 0 Å². The fourth-order valence-corrected chi connectivity index (χ4v) is 3.17. The second kappa shape index (κ2) is 5.41. The second-order valence-electron chi connectivity index (χ2n) is 5.67. The first-order valence-corrected chi connectivity index (χ1v) is 7.56. The molecule has 0 fully saturated rings. The van der Waals surface area contributed by atoms with E-state index in [1.807, 2.05) is 30.3 Å². The monoisotopic (exact) mass is 304 g/mol. The van der Waals surface area contributed by atoms with Gasteiger partial charge < -0.3 is 15.0 Å². The summed E-state index contributed by atoms with van der Waals surface area (Å²) in [5, 5.41) is 12.6. The van der Waals surface area contributed by atoms with Crippen LogP contribution < -0.4 is 5.32 Å². The van der Waals surface area contributed by atoms with Crippen LogP contribution >= 0.6 is 0 Å². The summed E-state index contributed by atoms with van der Waals surface area (Å²) in [6.07, 6.45) is 2.07. The van der Waals surface area contributed by atoms with Gasteiger partial charge in [0.15, 0.2) is 0 Å². The molecule has 2 N–H and O–H groups in total. The Labute approximate surface area is 134 Å². The molecular formula is C19H16N2O2. The minimum Gasteiger partial charge on any atom is -0.478 e. The molecule has 1 aromatic heterocycles. The van der Waals surface area contributed by atoms with Crippen molar-refractivity contribution in [2.75, 3.05) is 0 Å². The lowest BCUT2D eigenvalue weighted by molar-refractivity contribution is 0.0697. The summed E-state index contributed by atoms with van der Waals surface area (Å²) >= 11 is 0. The topological polar surface area (TPSA) is 54.3 Å². The van der Waals surface area contributed by atoms with Crippen LogP contribution in [0.25, 0.3) is 5.69 Å². The third kappa shape index (κ3) is 2.33. The number of benzene rings is 2. The van der Waals surface area contributed by atoms with E-state index in [1.54, 1.807) is 12.1 Å². The Hall–Kier alpha value is -2.85. The predicted molar refractivity (Wildman–Crippen MR) is 87.9 cm³/mol. The van der Waals surface area contributed by atoms with Crippen LogP contribution in [0.4, 0.5) is 0 Å². The van der Waals surface area contributed by atoms with Gasteiger partial charge in [-0.05, 0) is 41.5 Å². The molecule has 2 heterocycles. The average molecular weight is 304 g/mol. The summed E-state index contributed by atoms with van der Waals surface area (Å²) in [5.41, 5.74) is 4.95. The molecule has 4 rings (SSSR count). The molecule has 23 heavy (non-hydrogen) atoms. The zero-order valence-corrected chi connectivity index (χ0v) is 12.4. The lowest BCUT2D eigenvalue weighted by Crippen LogP contribution is -2.21. The predicted octanol–water partition coefficient (Wildman–Crippen LogP) is 3.37. The van der Waals surface area contributed by atoms with E-state index in [-0.39, 0.29) is 6.04 Å². The third-order valence-electron chi connectivity index (χ3n) is 4.31. The van der Waals surface area contributed by atoms with Crippen LogP contribution in [0.2, 0.25) is 0 Å². The Morgan fingerprint density at radius 2 is 1.83 bits per heavy atom. The molecule has 1 aliphatic heterocycles. The Kier molecular flexibility index (Phi) is 3.24. The number of carboxylic acids is 1. The number of rotatable bonds is 2. The Balaban J connectivity index is 1.79. The van der Waals surface area contributed by atoms with Gasteiger partial charge in [-0.3, -0.25) is 0 Å². The highest BCUT2D eigenvalue weighted by atomic mass is 16.4. The molecule has 0 amide bonds. The molecule has 0 saturated heterocycles. The standard InChI is InChI=1S/C19H16N2O2/c22-19(23)14-9-7-13(8-10-14)18-17-6-3-11-21(17)16-5-2-1-4-15(16)12-20-18/h1-11,18,20H,12H2,(H,22,23). The molecule has 2 aromatic carbocycles. The normalized spacial score (nSPS) is 16.3. The Morgan fingerprint density at radius 1 is 1.04 bits per heavy atom. The van der Waals surface area contributed by atoms with Crippen molar-refractivity contribution in [2.45, 2.75) is 12.6 Å². The minimum atomic E-state index is -0.902. The smallest absolute Gasteiger partial charge is 0.335 e. The molecule has 4 nitrogen and oxygen atoms in total. The highest BCUT2D eigenvalue weighted by Crippen LogP contribution is 2.30. The van der Waals surface area contributed by atoms with Crippen molar-refractivity contribution < 1.29 is 9.90 Å². The van der Waals surface area contributed by atoms with Gasteiger partial charge >= 0.3 is 5.97 Å². The number of nitrogens with zero attached hydrogens (tertiary/aromatic N) is 1. The van der Waals surface area contributed by atoms with Crippen molar-refractivity contribution in [3.63, 3.8) is 0 Å². The van der Waals surface area contributed by atoms with Crippen molar-refractivity contribution in [3.8, 4) is 5.69 Å². The van der Waals surface area contributed by atoms with Crippen LogP contribution in [0.3, 0.4) is 0 Å². The van der Waals surface area contributed by atoms with Crippen molar-refractivity contribution in [1.29, 1.82) is 0 Å². The first-order chi connectivity index (χ1) is 11.2. The van der Waals surface area contributed by atoms with E-state index in [1.165, 1.54) is 11.3 Å². The fourth-order valence-electron chi connectivity index (χ4n) is 3.17. The van der Waals surface area contributed by atoms with Crippen LogP contribution in [0.15, 0.2) is 66.9 Å². The Morgan fingerprint density at radius 3 is 2.61 bits per heavy atom. The van der Waals surface area contributed by atoms with Crippen LogP contribution in [0.5, 0.6) is 0 Å². The van der Waals surface area contributed by atoms with Crippen LogP contribution in [-0.2, 0) is 6.54 Å². The van der Waals surface area contributed by atoms with Gasteiger partial charge in [0.05, 0.1) is 11.6 Å². The van der Waals surface area contributed by atoms with Crippen molar-refractivity contribution >= 4 is 5.97 Å². The molecule has 3 aromatic rings. The van der Waals surface area contributed by atoms with Gasteiger partial charge in [-0.2, -0.15) is 0 Å². The van der Waals surface area contributed by atoms with E-state index >= 15 is 0 Å². The van der Waals surface area contributed by atoms with Gasteiger partial charge in [-0.25, -0.2) is 4.79 Å². The van der Waals surface area contributed by atoms with Gasteiger partial charge in [0.25, 0.3) is 0 Å². The SMILES string of the molecule is O=C(O)c1ccc(C2NCc3ccccc3-n3cccc32)cc1. The molecule has 1 atom stereocenters. The molecule has 114 valence electrons. The summed E-state index contributed by atoms with van der Waals surface area (Å²) in [5.74, 6) is -0.902. The number of carbonyl (C=O) groups is 1. The quantitative estimate of drug-likeness (QED) is 0.763. The van der Waals surface area contributed by atoms with Crippen LogP contribution in [0.1, 0.15) is 33.2 Å². The number of nitrogens with one attached hydrogen (secondary N) is 1. The molecule has 1 unspecified atom stereocenters. The number of fused-ring (bicyclic) bond motifs is 3. The molecule has 1 aliphatic rings. The number of aromatic nitrogens is 1. The Bertz CT molecular complexity index is 865. The summed E-state index contributed by atoms with van der Waals surface area (Å²) in [6.45, 7) is 0.767. The average Bonchev–Trinajstić information content (AvgIpc) is 2.99. The van der Waals surface area contributed by atoms with Gasteiger partial charge in [-0.1, -0.05) is 30.3 Å². The van der Waals surface area contributed by atoms with E-state index in [2.05, 4.69) is 34.3 Å². The fraction of sp³-hybridized carbons (Fsp3) is 0.105. The van der Waals surface area contributed by atoms with E-state index in [9.17, 15) is 4.79 Å². The highest BCUT2D eigenvalue weighted by Gasteiger charge is 2.22. The van der Waals surface area contributed by atoms with Crippen molar-refractivity contribution in [3.05, 3.63) is 89.2 Å².